The minimum absolute atomic E-state index is 0.00482. The zero-order valence-electron chi connectivity index (χ0n) is 11.6. The molecule has 0 saturated carbocycles. The van der Waals surface area contributed by atoms with Crippen molar-refractivity contribution in [1.82, 2.24) is 5.32 Å². The van der Waals surface area contributed by atoms with Crippen LogP contribution in [-0.4, -0.2) is 35.7 Å². The Morgan fingerprint density at radius 1 is 1.60 bits per heavy atom. The predicted molar refractivity (Wildman–Crippen MR) is 85.4 cm³/mol. The molecule has 1 aliphatic heterocycles. The molecular formula is C15H19NO2S2. The van der Waals surface area contributed by atoms with E-state index in [1.165, 1.54) is 23.5 Å². The van der Waals surface area contributed by atoms with Crippen molar-refractivity contribution < 1.29 is 9.90 Å². The minimum atomic E-state index is 0.00482. The summed E-state index contributed by atoms with van der Waals surface area (Å²) in [5, 5.41) is 11.7. The van der Waals surface area contributed by atoms with Crippen molar-refractivity contribution in [1.29, 1.82) is 0 Å². The van der Waals surface area contributed by atoms with Gasteiger partial charge in [0.25, 0.3) is 5.91 Å². The number of carbonyl (C=O) groups excluding carboxylic acids is 1. The molecule has 20 heavy (non-hydrogen) atoms. The van der Waals surface area contributed by atoms with Crippen LogP contribution in [0.3, 0.4) is 0 Å². The lowest BCUT2D eigenvalue weighted by Gasteiger charge is -2.08. The van der Waals surface area contributed by atoms with Crippen LogP contribution in [0.15, 0.2) is 6.07 Å². The molecule has 108 valence electrons. The summed E-state index contributed by atoms with van der Waals surface area (Å²) in [4.78, 5) is 13.7. The summed E-state index contributed by atoms with van der Waals surface area (Å²) >= 11 is 3.39. The van der Waals surface area contributed by atoms with Gasteiger partial charge in [0, 0.05) is 13.0 Å². The highest BCUT2D eigenvalue weighted by Gasteiger charge is 2.17. The first kappa shape index (κ1) is 15.4. The second-order valence-electron chi connectivity index (χ2n) is 4.84. The van der Waals surface area contributed by atoms with Gasteiger partial charge < -0.3 is 10.4 Å². The third-order valence-corrected chi connectivity index (χ3v) is 5.54. The molecule has 1 aromatic heterocycles. The number of aryl methyl sites for hydroxylation is 1. The van der Waals surface area contributed by atoms with E-state index >= 15 is 0 Å². The van der Waals surface area contributed by atoms with Crippen LogP contribution in [0, 0.1) is 24.7 Å². The predicted octanol–water partition coefficient (Wildman–Crippen LogP) is 2.27. The number of aliphatic hydroxyl groups excluding tert-OH is 1. The minimum Gasteiger partial charge on any atom is -0.395 e. The van der Waals surface area contributed by atoms with E-state index in [-0.39, 0.29) is 12.5 Å². The van der Waals surface area contributed by atoms with Crippen LogP contribution in [0.4, 0.5) is 0 Å². The van der Waals surface area contributed by atoms with E-state index in [1.54, 1.807) is 0 Å². The third-order valence-electron chi connectivity index (χ3n) is 3.16. The van der Waals surface area contributed by atoms with Gasteiger partial charge in [-0.25, -0.2) is 0 Å². The van der Waals surface area contributed by atoms with Gasteiger partial charge in [0.2, 0.25) is 0 Å². The van der Waals surface area contributed by atoms with Crippen molar-refractivity contribution in [2.75, 3.05) is 24.7 Å². The fourth-order valence-corrected chi connectivity index (χ4v) is 4.23. The Hall–Kier alpha value is -0.960. The molecule has 1 aliphatic rings. The zero-order valence-corrected chi connectivity index (χ0v) is 13.2. The lowest BCUT2D eigenvalue weighted by Crippen LogP contribution is -2.28. The van der Waals surface area contributed by atoms with Gasteiger partial charge in [-0.05, 0) is 42.4 Å². The molecule has 1 aromatic rings. The average molecular weight is 309 g/mol. The Labute approximate surface area is 128 Å². The number of nitrogens with one attached hydrogen (secondary N) is 1. The lowest BCUT2D eigenvalue weighted by atomic mass is 10.1. The van der Waals surface area contributed by atoms with Crippen molar-refractivity contribution in [3.8, 4) is 11.8 Å². The number of thioether (sulfide) groups is 1. The topological polar surface area (TPSA) is 49.3 Å². The standard InChI is InChI=1S/C15H19NO2S2/c1-11-8-14(20-13(11)4-2-3-6-17)15(18)16-9-12-5-7-19-10-12/h8,12,17H,3,5-7,9-10H2,1H3,(H,16,18). The van der Waals surface area contributed by atoms with Gasteiger partial charge in [0.05, 0.1) is 16.4 Å². The SMILES string of the molecule is Cc1cc(C(=O)NCC2CCSC2)sc1C#CCCO. The Morgan fingerprint density at radius 3 is 3.15 bits per heavy atom. The maximum absolute atomic E-state index is 12.1. The van der Waals surface area contributed by atoms with E-state index in [9.17, 15) is 4.79 Å². The second-order valence-corrected chi connectivity index (χ2v) is 7.04. The van der Waals surface area contributed by atoms with Crippen molar-refractivity contribution in [3.05, 3.63) is 21.4 Å². The quantitative estimate of drug-likeness (QED) is 0.839. The summed E-state index contributed by atoms with van der Waals surface area (Å²) in [6.07, 6.45) is 1.67. The van der Waals surface area contributed by atoms with Gasteiger partial charge in [-0.3, -0.25) is 4.79 Å². The van der Waals surface area contributed by atoms with Crippen LogP contribution in [0.5, 0.6) is 0 Å². The molecular weight excluding hydrogens is 290 g/mol. The first-order valence-electron chi connectivity index (χ1n) is 6.77. The molecule has 0 radical (unpaired) electrons. The van der Waals surface area contributed by atoms with E-state index in [0.717, 1.165) is 27.6 Å². The number of carbonyl (C=O) groups is 1. The second kappa shape index (κ2) is 7.72. The van der Waals surface area contributed by atoms with Crippen LogP contribution in [-0.2, 0) is 0 Å². The summed E-state index contributed by atoms with van der Waals surface area (Å²) in [5.74, 6) is 8.90. The van der Waals surface area contributed by atoms with Crippen molar-refractivity contribution in [2.24, 2.45) is 5.92 Å². The summed E-state index contributed by atoms with van der Waals surface area (Å²) < 4.78 is 0. The molecule has 1 fully saturated rings. The Morgan fingerprint density at radius 2 is 2.45 bits per heavy atom. The molecule has 2 rings (SSSR count). The van der Waals surface area contributed by atoms with Crippen molar-refractivity contribution in [3.63, 3.8) is 0 Å². The Balaban J connectivity index is 1.93. The fourth-order valence-electron chi connectivity index (χ4n) is 1.99. The number of hydrogen-bond acceptors (Lipinski definition) is 4. The number of amides is 1. The van der Waals surface area contributed by atoms with Crippen LogP contribution < -0.4 is 5.32 Å². The molecule has 0 aromatic carbocycles. The smallest absolute Gasteiger partial charge is 0.261 e. The number of thiophene rings is 1. The van der Waals surface area contributed by atoms with Gasteiger partial charge in [-0.15, -0.1) is 11.3 Å². The van der Waals surface area contributed by atoms with Crippen LogP contribution >= 0.6 is 23.1 Å². The molecule has 0 aliphatic carbocycles. The molecule has 2 heterocycles. The largest absolute Gasteiger partial charge is 0.395 e. The molecule has 1 unspecified atom stereocenters. The van der Waals surface area contributed by atoms with Crippen LogP contribution in [0.1, 0.15) is 33.0 Å². The average Bonchev–Trinajstić information content (AvgIpc) is 3.07. The first-order valence-corrected chi connectivity index (χ1v) is 8.74. The highest BCUT2D eigenvalue weighted by molar-refractivity contribution is 7.99. The Bertz CT molecular complexity index is 522. The van der Waals surface area contributed by atoms with Crippen LogP contribution in [0.2, 0.25) is 0 Å². The van der Waals surface area contributed by atoms with E-state index in [1.807, 2.05) is 24.8 Å². The third kappa shape index (κ3) is 4.27. The monoisotopic (exact) mass is 309 g/mol. The van der Waals surface area contributed by atoms with Gasteiger partial charge in [-0.2, -0.15) is 11.8 Å². The molecule has 1 amide bonds. The van der Waals surface area contributed by atoms with Gasteiger partial charge in [0.1, 0.15) is 0 Å². The highest BCUT2D eigenvalue weighted by Crippen LogP contribution is 2.23. The molecule has 5 heteroatoms. The van der Waals surface area contributed by atoms with E-state index in [0.29, 0.717) is 12.3 Å². The molecule has 1 atom stereocenters. The molecule has 2 N–H and O–H groups in total. The summed E-state index contributed by atoms with van der Waals surface area (Å²) in [5.41, 5.74) is 1.03. The summed E-state index contributed by atoms with van der Waals surface area (Å²) in [6.45, 7) is 2.81. The first-order chi connectivity index (χ1) is 9.70. The molecule has 3 nitrogen and oxygen atoms in total. The maximum atomic E-state index is 12.1. The number of aliphatic hydroxyl groups is 1. The maximum Gasteiger partial charge on any atom is 0.261 e. The molecule has 0 bridgehead atoms. The molecule has 0 spiro atoms. The molecule has 1 saturated heterocycles. The van der Waals surface area contributed by atoms with Gasteiger partial charge >= 0.3 is 0 Å². The number of rotatable bonds is 4. The fraction of sp³-hybridized carbons (Fsp3) is 0.533. The summed E-state index contributed by atoms with van der Waals surface area (Å²) in [7, 11) is 0. The van der Waals surface area contributed by atoms with Gasteiger partial charge in [-0.1, -0.05) is 11.8 Å². The van der Waals surface area contributed by atoms with E-state index in [2.05, 4.69) is 17.2 Å². The van der Waals surface area contributed by atoms with Crippen molar-refractivity contribution in [2.45, 2.75) is 19.8 Å². The highest BCUT2D eigenvalue weighted by atomic mass is 32.2. The normalized spacial score (nSPS) is 17.6. The van der Waals surface area contributed by atoms with E-state index < -0.39 is 0 Å². The Kier molecular flexibility index (Phi) is 5.96. The summed E-state index contributed by atoms with van der Waals surface area (Å²) in [6, 6.07) is 1.90. The lowest BCUT2D eigenvalue weighted by molar-refractivity contribution is 0.0952. The van der Waals surface area contributed by atoms with Crippen LogP contribution in [0.25, 0.3) is 0 Å². The van der Waals surface area contributed by atoms with Gasteiger partial charge in [0.15, 0.2) is 0 Å². The van der Waals surface area contributed by atoms with E-state index in [4.69, 9.17) is 5.11 Å². The number of hydrogen-bond donors (Lipinski definition) is 2. The zero-order chi connectivity index (χ0) is 14.4. The van der Waals surface area contributed by atoms with Crippen molar-refractivity contribution >= 4 is 29.0 Å².